The molecule has 19 heavy (non-hydrogen) atoms. The van der Waals surface area contributed by atoms with Gasteiger partial charge in [-0.3, -0.25) is 9.58 Å². The summed E-state index contributed by atoms with van der Waals surface area (Å²) in [6, 6.07) is 2.71. The summed E-state index contributed by atoms with van der Waals surface area (Å²) >= 11 is 0. The number of hydrogen-bond donors (Lipinski definition) is 1. The zero-order valence-electron chi connectivity index (χ0n) is 12.6. The molecule has 1 aromatic heterocycles. The van der Waals surface area contributed by atoms with Crippen LogP contribution in [0.3, 0.4) is 0 Å². The molecule has 2 atom stereocenters. The van der Waals surface area contributed by atoms with Crippen LogP contribution in [0, 0.1) is 5.92 Å². The van der Waals surface area contributed by atoms with Gasteiger partial charge in [-0.15, -0.1) is 0 Å². The third kappa shape index (κ3) is 3.37. The largest absolute Gasteiger partial charge is 0.319 e. The van der Waals surface area contributed by atoms with E-state index in [9.17, 15) is 0 Å². The summed E-state index contributed by atoms with van der Waals surface area (Å²) in [7, 11) is 4.14. The Labute approximate surface area is 117 Å². The van der Waals surface area contributed by atoms with Crippen LogP contribution in [0.25, 0.3) is 0 Å². The molecule has 4 nitrogen and oxygen atoms in total. The van der Waals surface area contributed by atoms with Gasteiger partial charge in [-0.05, 0) is 57.9 Å². The van der Waals surface area contributed by atoms with E-state index in [1.165, 1.54) is 44.5 Å². The molecule has 0 amide bonds. The predicted molar refractivity (Wildman–Crippen MR) is 79.1 cm³/mol. The van der Waals surface area contributed by atoms with E-state index in [0.717, 1.165) is 6.54 Å². The maximum Gasteiger partial charge on any atom is 0.0557 e. The van der Waals surface area contributed by atoms with Gasteiger partial charge in [0.1, 0.15) is 0 Å². The Hall–Kier alpha value is -0.870. The van der Waals surface area contributed by atoms with Crippen LogP contribution in [-0.2, 0) is 7.05 Å². The minimum absolute atomic E-state index is 0.516. The number of aryl methyl sites for hydroxylation is 1. The molecule has 0 saturated carbocycles. The monoisotopic (exact) mass is 264 g/mol. The standard InChI is InChI=1S/C15H28N4/c1-4-10-19-11-6-5-7-13(12-16-2)15(19)14-8-9-17-18(14)3/h8-9,13,15-16H,4-7,10-12H2,1-3H3. The smallest absolute Gasteiger partial charge is 0.0557 e. The lowest BCUT2D eigenvalue weighted by Gasteiger charge is -2.35. The van der Waals surface area contributed by atoms with Crippen molar-refractivity contribution >= 4 is 0 Å². The molecule has 2 rings (SSSR count). The number of nitrogens with zero attached hydrogens (tertiary/aromatic N) is 3. The molecule has 1 N–H and O–H groups in total. The van der Waals surface area contributed by atoms with Gasteiger partial charge >= 0.3 is 0 Å². The number of hydrogen-bond acceptors (Lipinski definition) is 3. The fourth-order valence-corrected chi connectivity index (χ4v) is 3.43. The lowest BCUT2D eigenvalue weighted by molar-refractivity contribution is 0.147. The fourth-order valence-electron chi connectivity index (χ4n) is 3.43. The van der Waals surface area contributed by atoms with E-state index in [2.05, 4.69) is 47.1 Å². The maximum atomic E-state index is 4.38. The summed E-state index contributed by atoms with van der Waals surface area (Å²) in [5, 5.41) is 7.76. The van der Waals surface area contributed by atoms with Crippen molar-refractivity contribution in [3.05, 3.63) is 18.0 Å². The van der Waals surface area contributed by atoms with E-state index in [-0.39, 0.29) is 0 Å². The molecule has 0 aliphatic carbocycles. The normalized spacial score (nSPS) is 25.4. The van der Waals surface area contributed by atoms with Crippen LogP contribution >= 0.6 is 0 Å². The predicted octanol–water partition coefficient (Wildman–Crippen LogP) is 2.19. The number of rotatable bonds is 5. The van der Waals surface area contributed by atoms with Gasteiger partial charge in [0.15, 0.2) is 0 Å². The van der Waals surface area contributed by atoms with E-state index in [1.807, 2.05) is 6.20 Å². The van der Waals surface area contributed by atoms with E-state index in [4.69, 9.17) is 0 Å². The Bertz CT molecular complexity index is 358. The van der Waals surface area contributed by atoms with Gasteiger partial charge in [-0.2, -0.15) is 5.10 Å². The highest BCUT2D eigenvalue weighted by atomic mass is 15.3. The first-order valence-electron chi connectivity index (χ1n) is 7.64. The summed E-state index contributed by atoms with van der Waals surface area (Å²) < 4.78 is 2.06. The van der Waals surface area contributed by atoms with Crippen LogP contribution < -0.4 is 5.32 Å². The fraction of sp³-hybridized carbons (Fsp3) is 0.800. The van der Waals surface area contributed by atoms with E-state index in [0.29, 0.717) is 12.0 Å². The average molecular weight is 264 g/mol. The van der Waals surface area contributed by atoms with Crippen molar-refractivity contribution in [2.24, 2.45) is 13.0 Å². The quantitative estimate of drug-likeness (QED) is 0.885. The summed E-state index contributed by atoms with van der Waals surface area (Å²) in [5.41, 5.74) is 1.37. The number of nitrogens with one attached hydrogen (secondary N) is 1. The SMILES string of the molecule is CCCN1CCCCC(CNC)C1c1ccnn1C. The van der Waals surface area contributed by atoms with Crippen LogP contribution in [-0.4, -0.2) is 41.4 Å². The molecule has 1 aliphatic heterocycles. The minimum atomic E-state index is 0.516. The van der Waals surface area contributed by atoms with Crippen molar-refractivity contribution in [2.45, 2.75) is 38.6 Å². The van der Waals surface area contributed by atoms with Crippen LogP contribution in [0.15, 0.2) is 12.3 Å². The van der Waals surface area contributed by atoms with Gasteiger partial charge in [-0.1, -0.05) is 13.3 Å². The Kier molecular flexibility index (Phi) is 5.40. The third-order valence-corrected chi connectivity index (χ3v) is 4.25. The molecule has 1 fully saturated rings. The molecule has 108 valence electrons. The Morgan fingerprint density at radius 2 is 2.26 bits per heavy atom. The number of likely N-dealkylation sites (tertiary alicyclic amines) is 1. The second-order valence-electron chi connectivity index (χ2n) is 5.67. The highest BCUT2D eigenvalue weighted by Gasteiger charge is 2.31. The van der Waals surface area contributed by atoms with Crippen LogP contribution in [0.1, 0.15) is 44.3 Å². The molecule has 0 spiro atoms. The molecule has 1 saturated heterocycles. The Morgan fingerprint density at radius 1 is 1.42 bits per heavy atom. The van der Waals surface area contributed by atoms with Gasteiger partial charge in [0.25, 0.3) is 0 Å². The molecular formula is C15H28N4. The Balaban J connectivity index is 2.28. The molecule has 1 aromatic rings. The summed E-state index contributed by atoms with van der Waals surface area (Å²) in [5.74, 6) is 0.689. The highest BCUT2D eigenvalue weighted by molar-refractivity contribution is 5.10. The molecule has 2 heterocycles. The minimum Gasteiger partial charge on any atom is -0.319 e. The first kappa shape index (κ1) is 14.5. The average Bonchev–Trinajstić information content (AvgIpc) is 2.71. The molecule has 0 bridgehead atoms. The zero-order valence-corrected chi connectivity index (χ0v) is 12.6. The van der Waals surface area contributed by atoms with E-state index >= 15 is 0 Å². The first-order valence-corrected chi connectivity index (χ1v) is 7.64. The second-order valence-corrected chi connectivity index (χ2v) is 5.67. The van der Waals surface area contributed by atoms with Crippen molar-refractivity contribution in [1.82, 2.24) is 20.0 Å². The zero-order chi connectivity index (χ0) is 13.7. The van der Waals surface area contributed by atoms with Gasteiger partial charge in [-0.25, -0.2) is 0 Å². The van der Waals surface area contributed by atoms with Crippen molar-refractivity contribution < 1.29 is 0 Å². The summed E-state index contributed by atoms with van der Waals surface area (Å²) in [6.45, 7) is 5.79. The first-order chi connectivity index (χ1) is 9.27. The molecule has 0 radical (unpaired) electrons. The summed E-state index contributed by atoms with van der Waals surface area (Å²) in [4.78, 5) is 2.67. The van der Waals surface area contributed by atoms with Crippen LogP contribution in [0.4, 0.5) is 0 Å². The second kappa shape index (κ2) is 7.06. The van der Waals surface area contributed by atoms with Gasteiger partial charge in [0.05, 0.1) is 11.7 Å². The van der Waals surface area contributed by atoms with Crippen molar-refractivity contribution in [1.29, 1.82) is 0 Å². The molecule has 4 heteroatoms. The van der Waals surface area contributed by atoms with E-state index in [1.54, 1.807) is 0 Å². The van der Waals surface area contributed by atoms with Gasteiger partial charge in [0, 0.05) is 13.2 Å². The third-order valence-electron chi connectivity index (χ3n) is 4.25. The Morgan fingerprint density at radius 3 is 2.89 bits per heavy atom. The van der Waals surface area contributed by atoms with E-state index < -0.39 is 0 Å². The van der Waals surface area contributed by atoms with Gasteiger partial charge in [0.2, 0.25) is 0 Å². The molecule has 1 aliphatic rings. The topological polar surface area (TPSA) is 33.1 Å². The van der Waals surface area contributed by atoms with Crippen molar-refractivity contribution in [2.75, 3.05) is 26.7 Å². The van der Waals surface area contributed by atoms with Crippen molar-refractivity contribution in [3.63, 3.8) is 0 Å². The lowest BCUT2D eigenvalue weighted by Crippen LogP contribution is -2.37. The molecule has 2 unspecified atom stereocenters. The van der Waals surface area contributed by atoms with Crippen LogP contribution in [0.2, 0.25) is 0 Å². The summed E-state index contributed by atoms with van der Waals surface area (Å²) in [6.07, 6.45) is 7.15. The molecule has 0 aromatic carbocycles. The highest BCUT2D eigenvalue weighted by Crippen LogP contribution is 2.34. The lowest BCUT2D eigenvalue weighted by atomic mass is 9.92. The molecular weight excluding hydrogens is 236 g/mol. The van der Waals surface area contributed by atoms with Crippen LogP contribution in [0.5, 0.6) is 0 Å². The van der Waals surface area contributed by atoms with Gasteiger partial charge < -0.3 is 5.32 Å². The number of aromatic nitrogens is 2. The maximum absolute atomic E-state index is 4.38. The van der Waals surface area contributed by atoms with Crippen molar-refractivity contribution in [3.8, 4) is 0 Å².